The molecule has 0 saturated heterocycles. The van der Waals surface area contributed by atoms with Crippen molar-refractivity contribution in [2.45, 2.75) is 6.92 Å². The summed E-state index contributed by atoms with van der Waals surface area (Å²) >= 11 is 12.0. The number of furan rings is 1. The van der Waals surface area contributed by atoms with Gasteiger partial charge in [0.2, 0.25) is 0 Å². The Hall–Kier alpha value is -3.53. The van der Waals surface area contributed by atoms with Crippen molar-refractivity contribution in [3.8, 4) is 17.4 Å². The molecule has 156 valence electrons. The predicted octanol–water partition coefficient (Wildman–Crippen LogP) is 5.89. The Balaban J connectivity index is 1.87. The summed E-state index contributed by atoms with van der Waals surface area (Å²) in [5.74, 6) is -0.351. The predicted molar refractivity (Wildman–Crippen MR) is 119 cm³/mol. The number of nitriles is 1. The molecule has 8 heteroatoms. The zero-order valence-corrected chi connectivity index (χ0v) is 18.0. The molecule has 31 heavy (non-hydrogen) atoms. The smallest absolute Gasteiger partial charge is 0.337 e. The lowest BCUT2D eigenvalue weighted by Crippen LogP contribution is -2.13. The van der Waals surface area contributed by atoms with Gasteiger partial charge in [-0.05, 0) is 48.9 Å². The second kappa shape index (κ2) is 9.52. The van der Waals surface area contributed by atoms with Crippen LogP contribution in [0.3, 0.4) is 0 Å². The third kappa shape index (κ3) is 4.97. The van der Waals surface area contributed by atoms with Crippen LogP contribution >= 0.6 is 23.2 Å². The van der Waals surface area contributed by atoms with Gasteiger partial charge in [0.25, 0.3) is 5.91 Å². The molecule has 0 unspecified atom stereocenters. The number of aryl methyl sites for hydroxylation is 1. The van der Waals surface area contributed by atoms with E-state index in [1.807, 2.05) is 13.0 Å². The van der Waals surface area contributed by atoms with E-state index < -0.39 is 11.9 Å². The number of carbonyl (C=O) groups is 2. The third-order valence-electron chi connectivity index (χ3n) is 4.40. The highest BCUT2D eigenvalue weighted by molar-refractivity contribution is 6.44. The molecular weight excluding hydrogens is 439 g/mol. The summed E-state index contributed by atoms with van der Waals surface area (Å²) in [7, 11) is 1.31. The molecule has 3 aromatic rings. The van der Waals surface area contributed by atoms with Crippen molar-refractivity contribution in [2.24, 2.45) is 0 Å². The van der Waals surface area contributed by atoms with E-state index in [2.05, 4.69) is 5.32 Å². The van der Waals surface area contributed by atoms with Crippen molar-refractivity contribution in [1.82, 2.24) is 0 Å². The lowest BCUT2D eigenvalue weighted by molar-refractivity contribution is -0.112. The quantitative estimate of drug-likeness (QED) is 0.294. The van der Waals surface area contributed by atoms with Crippen LogP contribution in [0.5, 0.6) is 0 Å². The Labute approximate surface area is 188 Å². The van der Waals surface area contributed by atoms with Crippen molar-refractivity contribution in [1.29, 1.82) is 5.26 Å². The molecule has 0 fully saturated rings. The van der Waals surface area contributed by atoms with Crippen LogP contribution in [0.25, 0.3) is 17.4 Å². The number of rotatable bonds is 5. The number of carbonyl (C=O) groups excluding carboxylic acids is 2. The molecule has 3 rings (SSSR count). The van der Waals surface area contributed by atoms with Crippen molar-refractivity contribution in [3.05, 3.63) is 81.0 Å². The summed E-state index contributed by atoms with van der Waals surface area (Å²) in [6.45, 7) is 1.87. The molecule has 0 bridgehead atoms. The maximum Gasteiger partial charge on any atom is 0.337 e. The van der Waals surface area contributed by atoms with Gasteiger partial charge in [-0.15, -0.1) is 0 Å². The third-order valence-corrected chi connectivity index (χ3v) is 5.22. The van der Waals surface area contributed by atoms with Gasteiger partial charge in [0.05, 0.1) is 28.4 Å². The van der Waals surface area contributed by atoms with Crippen LogP contribution in [-0.2, 0) is 9.53 Å². The maximum absolute atomic E-state index is 12.5. The first-order valence-electron chi connectivity index (χ1n) is 9.00. The highest BCUT2D eigenvalue weighted by Crippen LogP contribution is 2.30. The van der Waals surface area contributed by atoms with Crippen molar-refractivity contribution >= 4 is 46.8 Å². The Morgan fingerprint density at radius 1 is 1.16 bits per heavy atom. The van der Waals surface area contributed by atoms with Crippen molar-refractivity contribution in [3.63, 3.8) is 0 Å². The lowest BCUT2D eigenvalue weighted by atomic mass is 10.0. The largest absolute Gasteiger partial charge is 0.465 e. The van der Waals surface area contributed by atoms with Crippen LogP contribution in [0.2, 0.25) is 10.0 Å². The van der Waals surface area contributed by atoms with Crippen LogP contribution in [0.15, 0.2) is 58.5 Å². The molecule has 0 spiro atoms. The summed E-state index contributed by atoms with van der Waals surface area (Å²) < 4.78 is 10.5. The van der Waals surface area contributed by atoms with E-state index in [9.17, 15) is 14.9 Å². The van der Waals surface area contributed by atoms with Gasteiger partial charge in [-0.25, -0.2) is 4.79 Å². The zero-order chi connectivity index (χ0) is 22.5. The SMILES string of the molecule is COC(=O)c1ccc(C)c(-c2ccc(/C=C(/C#N)C(=O)Nc3cccc(Cl)c3Cl)o2)c1. The van der Waals surface area contributed by atoms with Gasteiger partial charge in [-0.3, -0.25) is 4.79 Å². The van der Waals surface area contributed by atoms with E-state index in [1.54, 1.807) is 48.5 Å². The summed E-state index contributed by atoms with van der Waals surface area (Å²) in [5.41, 5.74) is 2.06. The number of benzene rings is 2. The number of esters is 1. The molecule has 1 amide bonds. The summed E-state index contributed by atoms with van der Waals surface area (Å²) in [5, 5.41) is 12.4. The lowest BCUT2D eigenvalue weighted by Gasteiger charge is -2.07. The Kier molecular flexibility index (Phi) is 6.81. The fourth-order valence-corrected chi connectivity index (χ4v) is 3.14. The van der Waals surface area contributed by atoms with Gasteiger partial charge < -0.3 is 14.5 Å². The molecule has 0 atom stereocenters. The molecule has 6 nitrogen and oxygen atoms in total. The number of hydrogen-bond acceptors (Lipinski definition) is 5. The van der Waals surface area contributed by atoms with Crippen molar-refractivity contribution < 1.29 is 18.7 Å². The van der Waals surface area contributed by atoms with Crippen LogP contribution in [0, 0.1) is 18.3 Å². The summed E-state index contributed by atoms with van der Waals surface area (Å²) in [6, 6.07) is 15.0. The molecule has 0 radical (unpaired) electrons. The molecule has 0 aliphatic heterocycles. The van der Waals surface area contributed by atoms with Gasteiger partial charge in [-0.2, -0.15) is 5.26 Å². The number of nitrogens with zero attached hydrogens (tertiary/aromatic N) is 1. The van der Waals surface area contributed by atoms with E-state index in [4.69, 9.17) is 32.4 Å². The molecular formula is C23H16Cl2N2O4. The molecule has 0 aliphatic carbocycles. The maximum atomic E-state index is 12.5. The summed E-state index contributed by atoms with van der Waals surface area (Å²) in [6.07, 6.45) is 1.32. The fraction of sp³-hybridized carbons (Fsp3) is 0.0870. The average Bonchev–Trinajstić information content (AvgIpc) is 3.23. The first-order valence-corrected chi connectivity index (χ1v) is 9.76. The molecule has 2 aromatic carbocycles. The summed E-state index contributed by atoms with van der Waals surface area (Å²) in [4.78, 5) is 24.3. The molecule has 1 aromatic heterocycles. The second-order valence-corrected chi connectivity index (χ2v) is 7.23. The van der Waals surface area contributed by atoms with E-state index in [0.717, 1.165) is 5.56 Å². The first kappa shape index (κ1) is 22.2. The normalized spacial score (nSPS) is 11.0. The number of halogens is 2. The van der Waals surface area contributed by atoms with Crippen LogP contribution in [0.4, 0.5) is 5.69 Å². The van der Waals surface area contributed by atoms with Gasteiger partial charge in [0.15, 0.2) is 0 Å². The van der Waals surface area contributed by atoms with Crippen LogP contribution in [0.1, 0.15) is 21.7 Å². The van der Waals surface area contributed by atoms with E-state index in [0.29, 0.717) is 22.6 Å². The number of nitrogens with one attached hydrogen (secondary N) is 1. The monoisotopic (exact) mass is 454 g/mol. The Bertz CT molecular complexity index is 1240. The Morgan fingerprint density at radius 3 is 2.65 bits per heavy atom. The number of ether oxygens (including phenoxy) is 1. The highest BCUT2D eigenvalue weighted by atomic mass is 35.5. The number of anilines is 1. The minimum atomic E-state index is -0.659. The number of methoxy groups -OCH3 is 1. The molecule has 1 N–H and O–H groups in total. The Morgan fingerprint density at radius 2 is 1.94 bits per heavy atom. The standard InChI is InChI=1S/C23H16Cl2N2O4/c1-13-6-7-14(23(29)30-2)11-17(13)20-9-8-16(31-20)10-15(12-26)22(28)27-19-5-3-4-18(24)21(19)25/h3-11H,1-2H3,(H,27,28)/b15-10-. The molecule has 0 aliphatic rings. The number of hydrogen-bond donors (Lipinski definition) is 1. The van der Waals surface area contributed by atoms with Gasteiger partial charge in [0, 0.05) is 11.6 Å². The van der Waals surface area contributed by atoms with Gasteiger partial charge >= 0.3 is 5.97 Å². The first-order chi connectivity index (χ1) is 14.8. The van der Waals surface area contributed by atoms with Crippen molar-refractivity contribution in [2.75, 3.05) is 12.4 Å². The fourth-order valence-electron chi connectivity index (χ4n) is 2.79. The second-order valence-electron chi connectivity index (χ2n) is 6.45. The molecule has 1 heterocycles. The number of amides is 1. The van der Waals surface area contributed by atoms with E-state index in [-0.39, 0.29) is 21.3 Å². The minimum Gasteiger partial charge on any atom is -0.465 e. The van der Waals surface area contributed by atoms with Crippen LogP contribution < -0.4 is 5.32 Å². The van der Waals surface area contributed by atoms with Gasteiger partial charge in [0.1, 0.15) is 23.2 Å². The molecule has 0 saturated carbocycles. The van der Waals surface area contributed by atoms with E-state index >= 15 is 0 Å². The topological polar surface area (TPSA) is 92.3 Å². The average molecular weight is 455 g/mol. The van der Waals surface area contributed by atoms with E-state index in [1.165, 1.54) is 13.2 Å². The highest BCUT2D eigenvalue weighted by Gasteiger charge is 2.15. The minimum absolute atomic E-state index is 0.177. The van der Waals surface area contributed by atoms with Crippen LogP contribution in [-0.4, -0.2) is 19.0 Å². The zero-order valence-electron chi connectivity index (χ0n) is 16.5. The van der Waals surface area contributed by atoms with Gasteiger partial charge in [-0.1, -0.05) is 35.3 Å².